The first-order valence-electron chi connectivity index (χ1n) is 4.09. The van der Waals surface area contributed by atoms with Crippen molar-refractivity contribution in [2.45, 2.75) is 0 Å². The highest BCUT2D eigenvalue weighted by Gasteiger charge is 2.16. The molecule has 1 heterocycles. The first-order chi connectivity index (χ1) is 7.24. The van der Waals surface area contributed by atoms with Gasteiger partial charge in [0.05, 0.1) is 10.6 Å². The minimum absolute atomic E-state index is 0.364. The number of aromatic nitrogens is 1. The molecule has 1 aromatic carbocycles. The van der Waals surface area contributed by atoms with E-state index in [9.17, 15) is 4.79 Å². The van der Waals surface area contributed by atoms with Gasteiger partial charge in [0.25, 0.3) is 0 Å². The summed E-state index contributed by atoms with van der Waals surface area (Å²) in [6, 6.07) is 7.11. The van der Waals surface area contributed by atoms with Gasteiger partial charge in [0.2, 0.25) is 0 Å². The van der Waals surface area contributed by atoms with E-state index in [1.165, 1.54) is 0 Å². The van der Waals surface area contributed by atoms with Gasteiger partial charge in [0, 0.05) is 5.56 Å². The topological polar surface area (TPSA) is 43.1 Å². The summed E-state index contributed by atoms with van der Waals surface area (Å²) in [4.78, 5) is 10.8. The minimum Gasteiger partial charge on any atom is -0.354 e. The zero-order valence-corrected chi connectivity index (χ0v) is 9.75. The first kappa shape index (κ1) is 10.4. The van der Waals surface area contributed by atoms with Crippen LogP contribution in [0.1, 0.15) is 10.4 Å². The van der Waals surface area contributed by atoms with Crippen LogP contribution in [0, 0.1) is 0 Å². The van der Waals surface area contributed by atoms with E-state index in [0.717, 1.165) is 0 Å². The van der Waals surface area contributed by atoms with Crippen LogP contribution < -0.4 is 0 Å². The molecule has 76 valence electrons. The maximum absolute atomic E-state index is 10.8. The van der Waals surface area contributed by atoms with Gasteiger partial charge in [-0.25, -0.2) is 0 Å². The van der Waals surface area contributed by atoms with Gasteiger partial charge in [-0.3, -0.25) is 4.79 Å². The molecule has 0 radical (unpaired) electrons. The molecule has 5 heteroatoms. The van der Waals surface area contributed by atoms with Gasteiger partial charge in [-0.15, -0.1) is 0 Å². The van der Waals surface area contributed by atoms with Gasteiger partial charge in [0.15, 0.2) is 16.6 Å². The molecular weight excluding hydrogens is 281 g/mol. The zero-order valence-electron chi connectivity index (χ0n) is 7.41. The van der Waals surface area contributed by atoms with Crippen LogP contribution in [0.2, 0.25) is 5.02 Å². The molecule has 0 saturated heterocycles. The summed E-state index contributed by atoms with van der Waals surface area (Å²) in [7, 11) is 0. The molecule has 0 saturated carbocycles. The van der Waals surface area contributed by atoms with Gasteiger partial charge < -0.3 is 4.52 Å². The van der Waals surface area contributed by atoms with Crippen molar-refractivity contribution >= 4 is 33.8 Å². The minimum atomic E-state index is 0.364. The Morgan fingerprint density at radius 3 is 2.80 bits per heavy atom. The van der Waals surface area contributed by atoms with Crippen molar-refractivity contribution in [1.82, 2.24) is 5.16 Å². The Balaban J connectivity index is 2.64. The molecule has 0 N–H and O–H groups in total. The number of halogens is 2. The molecule has 3 nitrogen and oxygen atoms in total. The standard InChI is InChI=1S/C10H5BrClNO2/c11-10-7(5-14)9(15-13-10)6-3-1-2-4-8(6)12/h1-5H. The highest BCUT2D eigenvalue weighted by Crippen LogP contribution is 2.32. The summed E-state index contributed by atoms with van der Waals surface area (Å²) in [6.07, 6.45) is 0.680. The average Bonchev–Trinajstić information content (AvgIpc) is 2.60. The first-order valence-corrected chi connectivity index (χ1v) is 5.26. The monoisotopic (exact) mass is 285 g/mol. The van der Waals surface area contributed by atoms with Gasteiger partial charge in [-0.1, -0.05) is 28.9 Å². The molecule has 0 fully saturated rings. The van der Waals surface area contributed by atoms with Gasteiger partial charge in [-0.05, 0) is 28.1 Å². The highest BCUT2D eigenvalue weighted by atomic mass is 79.9. The van der Waals surface area contributed by atoms with E-state index in [2.05, 4.69) is 21.1 Å². The Morgan fingerprint density at radius 2 is 2.13 bits per heavy atom. The van der Waals surface area contributed by atoms with Gasteiger partial charge in [-0.2, -0.15) is 0 Å². The predicted octanol–water partition coefficient (Wildman–Crippen LogP) is 3.57. The lowest BCUT2D eigenvalue weighted by atomic mass is 10.1. The lowest BCUT2D eigenvalue weighted by molar-refractivity contribution is 0.112. The van der Waals surface area contributed by atoms with Gasteiger partial charge in [0.1, 0.15) is 0 Å². The maximum atomic E-state index is 10.8. The molecule has 2 rings (SSSR count). The van der Waals surface area contributed by atoms with Crippen LogP contribution in [0.4, 0.5) is 0 Å². The molecule has 0 aliphatic carbocycles. The highest BCUT2D eigenvalue weighted by molar-refractivity contribution is 9.10. The fourth-order valence-electron chi connectivity index (χ4n) is 1.22. The van der Waals surface area contributed by atoms with E-state index in [0.29, 0.717) is 32.8 Å². The average molecular weight is 287 g/mol. The van der Waals surface area contributed by atoms with Crippen LogP contribution in [0.5, 0.6) is 0 Å². The number of hydrogen-bond donors (Lipinski definition) is 0. The summed E-state index contributed by atoms with van der Waals surface area (Å²) >= 11 is 9.10. The second kappa shape index (κ2) is 4.16. The number of carbonyl (C=O) groups is 1. The Bertz CT molecular complexity index is 510. The van der Waals surface area contributed by atoms with E-state index in [4.69, 9.17) is 16.1 Å². The number of hydrogen-bond acceptors (Lipinski definition) is 3. The molecule has 0 atom stereocenters. The molecule has 0 aliphatic rings. The molecule has 0 bridgehead atoms. The van der Waals surface area contributed by atoms with Crippen LogP contribution in [0.3, 0.4) is 0 Å². The SMILES string of the molecule is O=Cc1c(Br)noc1-c1ccccc1Cl. The molecule has 0 unspecified atom stereocenters. The maximum Gasteiger partial charge on any atom is 0.180 e. The van der Waals surface area contributed by atoms with Crippen molar-refractivity contribution in [2.24, 2.45) is 0 Å². The molecule has 1 aromatic heterocycles. The second-order valence-electron chi connectivity index (χ2n) is 2.81. The molecule has 2 aromatic rings. The van der Waals surface area contributed by atoms with Crippen LogP contribution in [0.15, 0.2) is 33.4 Å². The third-order valence-corrected chi connectivity index (χ3v) is 2.82. The largest absolute Gasteiger partial charge is 0.354 e. The lowest BCUT2D eigenvalue weighted by Crippen LogP contribution is -1.83. The van der Waals surface area contributed by atoms with Crippen molar-refractivity contribution in [2.75, 3.05) is 0 Å². The summed E-state index contributed by atoms with van der Waals surface area (Å²) in [6.45, 7) is 0. The van der Waals surface area contributed by atoms with Crippen molar-refractivity contribution < 1.29 is 9.32 Å². The van der Waals surface area contributed by atoms with Crippen LogP contribution >= 0.6 is 27.5 Å². The number of carbonyl (C=O) groups excluding carboxylic acids is 1. The summed E-state index contributed by atoms with van der Waals surface area (Å²) in [5, 5.41) is 4.17. The van der Waals surface area contributed by atoms with Crippen molar-refractivity contribution in [3.8, 4) is 11.3 Å². The van der Waals surface area contributed by atoms with E-state index in [1.807, 2.05) is 6.07 Å². The zero-order chi connectivity index (χ0) is 10.8. The van der Waals surface area contributed by atoms with Crippen LogP contribution in [-0.2, 0) is 0 Å². The fourth-order valence-corrected chi connectivity index (χ4v) is 1.79. The van der Waals surface area contributed by atoms with Crippen molar-refractivity contribution in [3.63, 3.8) is 0 Å². The third-order valence-electron chi connectivity index (χ3n) is 1.92. The van der Waals surface area contributed by atoms with Crippen molar-refractivity contribution in [3.05, 3.63) is 39.5 Å². The van der Waals surface area contributed by atoms with Crippen molar-refractivity contribution in [1.29, 1.82) is 0 Å². The Morgan fingerprint density at radius 1 is 1.40 bits per heavy atom. The summed E-state index contributed by atoms with van der Waals surface area (Å²) < 4.78 is 5.42. The van der Waals surface area contributed by atoms with E-state index < -0.39 is 0 Å². The molecule has 15 heavy (non-hydrogen) atoms. The molecule has 0 aliphatic heterocycles. The molecule has 0 spiro atoms. The number of rotatable bonds is 2. The molecule has 0 amide bonds. The normalized spacial score (nSPS) is 10.3. The smallest absolute Gasteiger partial charge is 0.180 e. The van der Waals surface area contributed by atoms with Crippen LogP contribution in [0.25, 0.3) is 11.3 Å². The number of benzene rings is 1. The predicted molar refractivity (Wildman–Crippen MR) is 60.0 cm³/mol. The summed E-state index contributed by atoms with van der Waals surface area (Å²) in [5.74, 6) is 0.377. The van der Waals surface area contributed by atoms with Gasteiger partial charge >= 0.3 is 0 Å². The molecular formula is C10H5BrClNO2. The number of nitrogens with zero attached hydrogens (tertiary/aromatic N) is 1. The second-order valence-corrected chi connectivity index (χ2v) is 3.97. The van der Waals surface area contributed by atoms with Crippen LogP contribution in [-0.4, -0.2) is 11.4 Å². The van der Waals surface area contributed by atoms with E-state index >= 15 is 0 Å². The Labute approximate surface area is 99.2 Å². The lowest BCUT2D eigenvalue weighted by Gasteiger charge is -1.98. The number of aldehydes is 1. The van der Waals surface area contributed by atoms with E-state index in [1.54, 1.807) is 18.2 Å². The fraction of sp³-hybridized carbons (Fsp3) is 0. The Hall–Kier alpha value is -1.13. The third kappa shape index (κ3) is 1.82. The quantitative estimate of drug-likeness (QED) is 0.793. The van der Waals surface area contributed by atoms with E-state index in [-0.39, 0.29) is 0 Å². The summed E-state index contributed by atoms with van der Waals surface area (Å²) in [5.41, 5.74) is 1.02. The Kier molecular flexibility index (Phi) is 2.88.